The number of cyclic esters (lactones) is 2. The summed E-state index contributed by atoms with van der Waals surface area (Å²) in [7, 11) is 0. The van der Waals surface area contributed by atoms with E-state index in [-0.39, 0.29) is 11.4 Å². The number of allylic oxidation sites excluding steroid dienone is 1. The average Bonchev–Trinajstić information content (AvgIpc) is 3.22. The molecule has 3 aliphatic rings. The Bertz CT molecular complexity index is 770. The van der Waals surface area contributed by atoms with Crippen molar-refractivity contribution in [3.05, 3.63) is 27.5 Å². The number of carbonyl (C=O) groups is 2. The van der Waals surface area contributed by atoms with Crippen molar-refractivity contribution in [2.45, 2.75) is 72.6 Å². The molecular weight excluding hydrogens is 356 g/mol. The summed E-state index contributed by atoms with van der Waals surface area (Å²) in [5.41, 5.74) is 2.51. The van der Waals surface area contributed by atoms with Gasteiger partial charge in [-0.25, -0.2) is 4.79 Å². The van der Waals surface area contributed by atoms with Gasteiger partial charge in [0, 0.05) is 10.3 Å². The minimum atomic E-state index is -0.411. The van der Waals surface area contributed by atoms with Gasteiger partial charge >= 0.3 is 11.9 Å². The molecular formula is C23H32O3S. The van der Waals surface area contributed by atoms with Crippen LogP contribution in [0.5, 0.6) is 0 Å². The molecule has 0 radical (unpaired) electrons. The van der Waals surface area contributed by atoms with Gasteiger partial charge in [0.25, 0.3) is 0 Å². The monoisotopic (exact) mass is 388 g/mol. The van der Waals surface area contributed by atoms with Crippen LogP contribution in [0.4, 0.5) is 0 Å². The van der Waals surface area contributed by atoms with Crippen LogP contribution in [0.1, 0.15) is 77.7 Å². The molecule has 148 valence electrons. The van der Waals surface area contributed by atoms with E-state index < -0.39 is 11.9 Å². The van der Waals surface area contributed by atoms with Crippen molar-refractivity contribution in [3.8, 4) is 0 Å². The fourth-order valence-electron chi connectivity index (χ4n) is 5.58. The van der Waals surface area contributed by atoms with E-state index in [1.807, 2.05) is 20.8 Å². The summed E-state index contributed by atoms with van der Waals surface area (Å²) in [6.45, 7) is 12.8. The van der Waals surface area contributed by atoms with Crippen molar-refractivity contribution in [1.29, 1.82) is 0 Å². The summed E-state index contributed by atoms with van der Waals surface area (Å²) in [5, 5.41) is 2.12. The van der Waals surface area contributed by atoms with E-state index in [0.717, 1.165) is 31.3 Å². The van der Waals surface area contributed by atoms with Gasteiger partial charge in [-0.3, -0.25) is 4.79 Å². The number of carbonyl (C=O) groups excluding carboxylic acids is 2. The molecule has 1 aromatic heterocycles. The van der Waals surface area contributed by atoms with Gasteiger partial charge in [-0.1, -0.05) is 34.6 Å². The van der Waals surface area contributed by atoms with Crippen LogP contribution in [0.25, 0.3) is 5.57 Å². The second kappa shape index (κ2) is 7.54. The Balaban J connectivity index is 0.00000102. The summed E-state index contributed by atoms with van der Waals surface area (Å²) in [5.74, 6) is 0.524. The Morgan fingerprint density at radius 1 is 1.30 bits per heavy atom. The molecule has 0 amide bonds. The molecule has 1 saturated heterocycles. The van der Waals surface area contributed by atoms with Crippen molar-refractivity contribution in [1.82, 2.24) is 0 Å². The molecule has 4 rings (SSSR count). The average molecular weight is 389 g/mol. The lowest BCUT2D eigenvalue weighted by molar-refractivity contribution is -0.154. The van der Waals surface area contributed by atoms with Gasteiger partial charge in [0.15, 0.2) is 0 Å². The molecule has 1 saturated carbocycles. The van der Waals surface area contributed by atoms with Gasteiger partial charge in [-0.05, 0) is 72.9 Å². The maximum Gasteiger partial charge on any atom is 0.342 e. The highest BCUT2D eigenvalue weighted by Gasteiger charge is 2.61. The lowest BCUT2D eigenvalue weighted by atomic mass is 9.52. The van der Waals surface area contributed by atoms with Gasteiger partial charge in [0.2, 0.25) is 0 Å². The van der Waals surface area contributed by atoms with Gasteiger partial charge in [-0.15, -0.1) is 11.3 Å². The fraction of sp³-hybridized carbons (Fsp3) is 0.652. The number of esters is 2. The lowest BCUT2D eigenvalue weighted by Crippen LogP contribution is -2.50. The van der Waals surface area contributed by atoms with Crippen LogP contribution in [-0.2, 0) is 19.7 Å². The van der Waals surface area contributed by atoms with E-state index in [4.69, 9.17) is 4.74 Å². The van der Waals surface area contributed by atoms with E-state index in [2.05, 4.69) is 32.2 Å². The van der Waals surface area contributed by atoms with Crippen LogP contribution in [0.2, 0.25) is 0 Å². The van der Waals surface area contributed by atoms with Gasteiger partial charge in [0.05, 0.1) is 5.57 Å². The fourth-order valence-corrected chi connectivity index (χ4v) is 6.87. The maximum atomic E-state index is 12.8. The summed E-state index contributed by atoms with van der Waals surface area (Å²) in [6.07, 6.45) is 4.30. The Kier molecular flexibility index (Phi) is 5.67. The highest BCUT2D eigenvalue weighted by atomic mass is 32.1. The number of fused-ring (bicyclic) bond motifs is 4. The summed E-state index contributed by atoms with van der Waals surface area (Å²) in [6, 6.07) is 2.13. The second-order valence-corrected chi connectivity index (χ2v) is 9.51. The minimum Gasteiger partial charge on any atom is -0.389 e. The Labute approximate surface area is 167 Å². The standard InChI is InChI=1S/C21H26O3S.C2H6/c1-11(2)9-14-10-12(3)5-7-21(14)17-16(19(22)24-20(17)23)13(4)15-6-8-25-18(15)21;1-2/h6,8,11-12,14,17H,5,7,9-10H2,1-4H3;1-2H3. The van der Waals surface area contributed by atoms with Crippen molar-refractivity contribution >= 4 is 28.8 Å². The quantitative estimate of drug-likeness (QED) is 0.462. The normalized spacial score (nSPS) is 32.2. The third-order valence-electron chi connectivity index (χ3n) is 6.57. The van der Waals surface area contributed by atoms with Crippen LogP contribution in [0, 0.1) is 23.7 Å². The van der Waals surface area contributed by atoms with Crippen LogP contribution in [0.15, 0.2) is 17.0 Å². The van der Waals surface area contributed by atoms with Crippen LogP contribution >= 0.6 is 11.3 Å². The molecule has 1 aliphatic heterocycles. The van der Waals surface area contributed by atoms with Crippen LogP contribution in [0.3, 0.4) is 0 Å². The number of hydrogen-bond donors (Lipinski definition) is 0. The first-order chi connectivity index (χ1) is 12.9. The number of hydrogen-bond acceptors (Lipinski definition) is 4. The Morgan fingerprint density at radius 2 is 2.00 bits per heavy atom. The highest BCUT2D eigenvalue weighted by molar-refractivity contribution is 7.10. The number of rotatable bonds is 2. The van der Waals surface area contributed by atoms with E-state index in [0.29, 0.717) is 23.3 Å². The molecule has 0 aromatic carbocycles. The largest absolute Gasteiger partial charge is 0.389 e. The molecule has 2 fully saturated rings. The summed E-state index contributed by atoms with van der Waals surface area (Å²) >= 11 is 1.77. The van der Waals surface area contributed by atoms with Crippen LogP contribution in [-0.4, -0.2) is 11.9 Å². The van der Waals surface area contributed by atoms with E-state index in [1.54, 1.807) is 11.3 Å². The zero-order valence-corrected chi connectivity index (χ0v) is 18.2. The molecule has 1 aromatic rings. The number of thiophene rings is 1. The molecule has 4 unspecified atom stereocenters. The Morgan fingerprint density at radius 3 is 2.67 bits per heavy atom. The SMILES string of the molecule is CC.CC1=C2C(=O)OC(=O)C2C2(CCC(C)CC2CC(C)C)c2sccc21. The van der Waals surface area contributed by atoms with Crippen molar-refractivity contribution in [2.75, 3.05) is 0 Å². The van der Waals surface area contributed by atoms with Crippen molar-refractivity contribution in [2.24, 2.45) is 23.7 Å². The lowest BCUT2D eigenvalue weighted by Gasteiger charge is -2.51. The molecule has 4 heteroatoms. The predicted octanol–water partition coefficient (Wildman–Crippen LogP) is 5.98. The van der Waals surface area contributed by atoms with Gasteiger partial charge in [0.1, 0.15) is 5.92 Å². The van der Waals surface area contributed by atoms with Gasteiger partial charge in [-0.2, -0.15) is 0 Å². The highest BCUT2D eigenvalue weighted by Crippen LogP contribution is 2.61. The topological polar surface area (TPSA) is 43.4 Å². The van der Waals surface area contributed by atoms with Crippen molar-refractivity contribution < 1.29 is 14.3 Å². The molecule has 3 nitrogen and oxygen atoms in total. The Hall–Kier alpha value is -1.42. The van der Waals surface area contributed by atoms with Crippen LogP contribution < -0.4 is 0 Å². The predicted molar refractivity (Wildman–Crippen MR) is 110 cm³/mol. The first-order valence-corrected chi connectivity index (χ1v) is 11.3. The summed E-state index contributed by atoms with van der Waals surface area (Å²) in [4.78, 5) is 26.6. The zero-order valence-electron chi connectivity index (χ0n) is 17.4. The van der Waals surface area contributed by atoms with Gasteiger partial charge < -0.3 is 4.74 Å². The van der Waals surface area contributed by atoms with E-state index in [1.165, 1.54) is 10.4 Å². The third-order valence-corrected chi connectivity index (χ3v) is 7.68. The molecule has 27 heavy (non-hydrogen) atoms. The number of ether oxygens (including phenoxy) is 1. The molecule has 0 N–H and O–H groups in total. The molecule has 2 heterocycles. The first-order valence-electron chi connectivity index (χ1n) is 10.4. The maximum absolute atomic E-state index is 12.8. The molecule has 4 atom stereocenters. The zero-order chi connectivity index (χ0) is 19.9. The van der Waals surface area contributed by atoms with E-state index >= 15 is 0 Å². The molecule has 0 bridgehead atoms. The smallest absolute Gasteiger partial charge is 0.342 e. The third kappa shape index (κ3) is 3.00. The molecule has 1 spiro atoms. The first kappa shape index (κ1) is 20.3. The molecule has 2 aliphatic carbocycles. The van der Waals surface area contributed by atoms with E-state index in [9.17, 15) is 9.59 Å². The van der Waals surface area contributed by atoms with Crippen molar-refractivity contribution in [3.63, 3.8) is 0 Å². The second-order valence-electron chi connectivity index (χ2n) is 8.59. The summed E-state index contributed by atoms with van der Waals surface area (Å²) < 4.78 is 5.16. The minimum absolute atomic E-state index is 0.252.